The number of rotatable bonds is 5. The lowest BCUT2D eigenvalue weighted by Gasteiger charge is -2.34. The number of carbonyl (C=O) groups is 3. The zero-order valence-electron chi connectivity index (χ0n) is 14.7. The molecule has 1 spiro atoms. The van der Waals surface area contributed by atoms with Crippen LogP contribution in [0.4, 0.5) is 4.79 Å². The molecule has 25 heavy (non-hydrogen) atoms. The van der Waals surface area contributed by atoms with E-state index in [2.05, 4.69) is 17.6 Å². The summed E-state index contributed by atoms with van der Waals surface area (Å²) in [4.78, 5) is 39.5. The van der Waals surface area contributed by atoms with Crippen molar-refractivity contribution in [2.24, 2.45) is 5.92 Å². The van der Waals surface area contributed by atoms with Gasteiger partial charge in [0.2, 0.25) is 5.91 Å². The highest BCUT2D eigenvalue weighted by molar-refractivity contribution is 7.10. The summed E-state index contributed by atoms with van der Waals surface area (Å²) >= 11 is 1.56. The summed E-state index contributed by atoms with van der Waals surface area (Å²) in [6, 6.07) is 3.29. The second-order valence-electron chi connectivity index (χ2n) is 7.06. The quantitative estimate of drug-likeness (QED) is 0.790. The van der Waals surface area contributed by atoms with Crippen LogP contribution in [0.2, 0.25) is 0 Å². The first-order valence-corrected chi connectivity index (χ1v) is 9.80. The van der Waals surface area contributed by atoms with Crippen LogP contribution in [-0.2, 0) is 9.59 Å². The Balaban J connectivity index is 1.60. The van der Waals surface area contributed by atoms with Gasteiger partial charge in [-0.15, -0.1) is 11.3 Å². The van der Waals surface area contributed by atoms with Crippen LogP contribution in [0.5, 0.6) is 0 Å². The molecule has 2 N–H and O–H groups in total. The lowest BCUT2D eigenvalue weighted by molar-refractivity contribution is -0.136. The lowest BCUT2D eigenvalue weighted by Crippen LogP contribution is -2.50. The van der Waals surface area contributed by atoms with Gasteiger partial charge >= 0.3 is 6.03 Å². The first-order chi connectivity index (χ1) is 11.9. The van der Waals surface area contributed by atoms with E-state index in [1.165, 1.54) is 0 Å². The third kappa shape index (κ3) is 3.56. The van der Waals surface area contributed by atoms with E-state index in [4.69, 9.17) is 0 Å². The van der Waals surface area contributed by atoms with Gasteiger partial charge in [-0.1, -0.05) is 19.4 Å². The molecule has 0 aromatic carbocycles. The van der Waals surface area contributed by atoms with Crippen molar-refractivity contribution in [2.45, 2.75) is 57.5 Å². The first-order valence-electron chi connectivity index (χ1n) is 8.92. The molecule has 2 heterocycles. The van der Waals surface area contributed by atoms with Gasteiger partial charge in [0.15, 0.2) is 0 Å². The van der Waals surface area contributed by atoms with Crippen LogP contribution in [-0.4, -0.2) is 34.8 Å². The van der Waals surface area contributed by atoms with E-state index in [9.17, 15) is 14.4 Å². The van der Waals surface area contributed by atoms with Crippen molar-refractivity contribution in [3.05, 3.63) is 22.4 Å². The Morgan fingerprint density at radius 3 is 2.76 bits per heavy atom. The van der Waals surface area contributed by atoms with E-state index in [-0.39, 0.29) is 24.4 Å². The Labute approximate surface area is 152 Å². The van der Waals surface area contributed by atoms with Crippen LogP contribution in [0.1, 0.15) is 56.9 Å². The molecular formula is C18H25N3O3S. The van der Waals surface area contributed by atoms with Gasteiger partial charge < -0.3 is 10.6 Å². The van der Waals surface area contributed by atoms with E-state index >= 15 is 0 Å². The van der Waals surface area contributed by atoms with Crippen molar-refractivity contribution in [3.63, 3.8) is 0 Å². The molecule has 1 aromatic rings. The molecule has 1 saturated carbocycles. The zero-order chi connectivity index (χ0) is 18.0. The summed E-state index contributed by atoms with van der Waals surface area (Å²) in [5.41, 5.74) is -0.789. The Kier molecular flexibility index (Phi) is 5.13. The topological polar surface area (TPSA) is 78.5 Å². The second kappa shape index (κ2) is 7.15. The summed E-state index contributed by atoms with van der Waals surface area (Å²) in [7, 11) is 0. The summed E-state index contributed by atoms with van der Waals surface area (Å²) in [5, 5.41) is 7.67. The maximum absolute atomic E-state index is 12.8. The first kappa shape index (κ1) is 17.9. The van der Waals surface area contributed by atoms with Crippen LogP contribution in [0, 0.1) is 5.92 Å². The molecule has 136 valence electrons. The van der Waals surface area contributed by atoms with Crippen molar-refractivity contribution in [1.82, 2.24) is 15.5 Å². The Morgan fingerprint density at radius 2 is 2.16 bits per heavy atom. The minimum atomic E-state index is -0.789. The molecule has 1 aromatic heterocycles. The number of carbonyl (C=O) groups excluding carboxylic acids is 3. The van der Waals surface area contributed by atoms with Crippen LogP contribution >= 0.6 is 11.3 Å². The molecule has 6 nitrogen and oxygen atoms in total. The van der Waals surface area contributed by atoms with Crippen molar-refractivity contribution < 1.29 is 14.4 Å². The van der Waals surface area contributed by atoms with Gasteiger partial charge in [-0.05, 0) is 50.0 Å². The average Bonchev–Trinajstić information content (AvgIpc) is 3.20. The smallest absolute Gasteiger partial charge is 0.325 e. The summed E-state index contributed by atoms with van der Waals surface area (Å²) in [5.74, 6) is 0.0639. The van der Waals surface area contributed by atoms with Crippen molar-refractivity contribution >= 4 is 29.2 Å². The van der Waals surface area contributed by atoms with E-state index < -0.39 is 11.6 Å². The summed E-state index contributed by atoms with van der Waals surface area (Å²) in [6.07, 6.45) is 4.32. The Bertz CT molecular complexity index is 651. The largest absolute Gasteiger partial charge is 0.347 e. The Morgan fingerprint density at radius 1 is 1.44 bits per heavy atom. The molecular weight excluding hydrogens is 338 g/mol. The Hall–Kier alpha value is -1.89. The molecule has 4 amide bonds. The third-order valence-electron chi connectivity index (χ3n) is 5.43. The van der Waals surface area contributed by atoms with E-state index in [0.29, 0.717) is 18.8 Å². The molecule has 2 fully saturated rings. The number of nitrogens with one attached hydrogen (secondary N) is 2. The van der Waals surface area contributed by atoms with Gasteiger partial charge in [0, 0.05) is 4.88 Å². The molecule has 1 unspecified atom stereocenters. The van der Waals surface area contributed by atoms with Crippen molar-refractivity contribution in [1.29, 1.82) is 0 Å². The fourth-order valence-corrected chi connectivity index (χ4v) is 4.51. The standard InChI is InChI=1S/C18H25N3O3S/c1-3-13-6-8-18(9-7-13)16(23)21(17(24)20-18)11-15(22)19-12(2)14-5-4-10-25-14/h4-5,10,12-13H,3,6-9,11H2,1-2H3,(H,19,22)(H,20,24). The molecule has 1 atom stereocenters. The number of amides is 4. The lowest BCUT2D eigenvalue weighted by atomic mass is 9.75. The highest BCUT2D eigenvalue weighted by Crippen LogP contribution is 2.37. The second-order valence-corrected chi connectivity index (χ2v) is 8.04. The number of thiophene rings is 1. The number of imide groups is 1. The zero-order valence-corrected chi connectivity index (χ0v) is 15.5. The van der Waals surface area contributed by atoms with E-state index in [1.807, 2.05) is 24.4 Å². The maximum Gasteiger partial charge on any atom is 0.325 e. The van der Waals surface area contributed by atoms with Crippen LogP contribution in [0.15, 0.2) is 17.5 Å². The molecule has 7 heteroatoms. The van der Waals surface area contributed by atoms with E-state index in [1.54, 1.807) is 11.3 Å². The third-order valence-corrected chi connectivity index (χ3v) is 6.49. The van der Waals surface area contributed by atoms with Gasteiger partial charge in [-0.25, -0.2) is 4.79 Å². The fourth-order valence-electron chi connectivity index (χ4n) is 3.78. The van der Waals surface area contributed by atoms with Crippen LogP contribution < -0.4 is 10.6 Å². The van der Waals surface area contributed by atoms with Crippen LogP contribution in [0.3, 0.4) is 0 Å². The van der Waals surface area contributed by atoms with Gasteiger partial charge in [0.05, 0.1) is 6.04 Å². The van der Waals surface area contributed by atoms with Crippen molar-refractivity contribution in [2.75, 3.05) is 6.54 Å². The average molecular weight is 363 g/mol. The molecule has 0 bridgehead atoms. The van der Waals surface area contributed by atoms with Gasteiger partial charge in [0.25, 0.3) is 5.91 Å². The number of nitrogens with zero attached hydrogens (tertiary/aromatic N) is 1. The monoisotopic (exact) mass is 363 g/mol. The van der Waals surface area contributed by atoms with E-state index in [0.717, 1.165) is 29.0 Å². The van der Waals surface area contributed by atoms with Crippen LogP contribution in [0.25, 0.3) is 0 Å². The normalized spacial score (nSPS) is 27.4. The molecule has 1 saturated heterocycles. The number of hydrogen-bond acceptors (Lipinski definition) is 4. The molecule has 1 aliphatic carbocycles. The fraction of sp³-hybridized carbons (Fsp3) is 0.611. The minimum absolute atomic E-state index is 0.137. The number of urea groups is 1. The molecule has 0 radical (unpaired) electrons. The predicted octanol–water partition coefficient (Wildman–Crippen LogP) is 2.82. The van der Waals surface area contributed by atoms with Gasteiger partial charge in [-0.3, -0.25) is 14.5 Å². The summed E-state index contributed by atoms with van der Waals surface area (Å²) < 4.78 is 0. The molecule has 2 aliphatic rings. The number of hydrogen-bond donors (Lipinski definition) is 2. The van der Waals surface area contributed by atoms with Gasteiger partial charge in [-0.2, -0.15) is 0 Å². The SMILES string of the molecule is CCC1CCC2(CC1)NC(=O)N(CC(=O)NC(C)c1cccs1)C2=O. The molecule has 1 aliphatic heterocycles. The predicted molar refractivity (Wildman–Crippen MR) is 96.1 cm³/mol. The van der Waals surface area contributed by atoms with Gasteiger partial charge in [0.1, 0.15) is 12.1 Å². The summed E-state index contributed by atoms with van der Waals surface area (Å²) in [6.45, 7) is 3.82. The minimum Gasteiger partial charge on any atom is -0.347 e. The highest BCUT2D eigenvalue weighted by atomic mass is 32.1. The highest BCUT2D eigenvalue weighted by Gasteiger charge is 2.52. The van der Waals surface area contributed by atoms with Crippen molar-refractivity contribution in [3.8, 4) is 0 Å². The maximum atomic E-state index is 12.8. The molecule has 3 rings (SSSR count).